The molecule has 0 spiro atoms. The number of nitrogens with two attached hydrogens (primary N) is 1. The van der Waals surface area contributed by atoms with E-state index < -0.39 is 0 Å². The van der Waals surface area contributed by atoms with Gasteiger partial charge in [0.2, 0.25) is 0 Å². The number of aromatic amines is 1. The van der Waals surface area contributed by atoms with Crippen molar-refractivity contribution >= 4 is 11.3 Å². The Hall–Kier alpha value is -2.30. The van der Waals surface area contributed by atoms with Crippen LogP contribution in [0.5, 0.6) is 0 Å². The molecule has 0 saturated heterocycles. The summed E-state index contributed by atoms with van der Waals surface area (Å²) in [6.45, 7) is 4.12. The number of fused-ring (bicyclic) bond motifs is 1. The fraction of sp³-hybridized carbons (Fsp3) is 0.231. The van der Waals surface area contributed by atoms with Crippen molar-refractivity contribution in [3.63, 3.8) is 0 Å². The second-order valence-corrected chi connectivity index (χ2v) is 4.63. The van der Waals surface area contributed by atoms with Crippen LogP contribution in [0.3, 0.4) is 0 Å². The largest absolute Gasteiger partial charge is 0.394 e. The normalized spacial score (nSPS) is 11.5. The van der Waals surface area contributed by atoms with Crippen molar-refractivity contribution in [3.05, 3.63) is 36.2 Å². The lowest BCUT2D eigenvalue weighted by molar-refractivity contribution is 0.731. The van der Waals surface area contributed by atoms with Crippen LogP contribution in [0.4, 0.5) is 5.69 Å². The van der Waals surface area contributed by atoms with Crippen molar-refractivity contribution in [2.75, 3.05) is 5.73 Å². The number of hydrogen-bond donors (Lipinski definition) is 2. The van der Waals surface area contributed by atoms with Crippen molar-refractivity contribution in [1.82, 2.24) is 19.8 Å². The van der Waals surface area contributed by atoms with E-state index >= 15 is 0 Å². The summed E-state index contributed by atoms with van der Waals surface area (Å²) in [5.74, 6) is 1.09. The van der Waals surface area contributed by atoms with Crippen molar-refractivity contribution in [2.45, 2.75) is 19.8 Å². The van der Waals surface area contributed by atoms with Crippen LogP contribution in [0, 0.1) is 0 Å². The fourth-order valence-corrected chi connectivity index (χ4v) is 1.93. The Labute approximate surface area is 105 Å². The minimum Gasteiger partial charge on any atom is -0.394 e. The first kappa shape index (κ1) is 10.8. The molecular weight excluding hydrogens is 226 g/mol. The van der Waals surface area contributed by atoms with Crippen molar-refractivity contribution in [3.8, 4) is 11.3 Å². The molecule has 0 amide bonds. The van der Waals surface area contributed by atoms with E-state index in [9.17, 15) is 0 Å². The number of nitrogen functional groups attached to an aromatic ring is 1. The number of anilines is 1. The van der Waals surface area contributed by atoms with E-state index in [1.807, 2.05) is 30.3 Å². The molecule has 5 heteroatoms. The molecule has 18 heavy (non-hydrogen) atoms. The summed E-state index contributed by atoms with van der Waals surface area (Å²) < 4.78 is 1.65. The minimum atomic E-state index is 0.290. The van der Waals surface area contributed by atoms with Crippen molar-refractivity contribution in [2.24, 2.45) is 0 Å². The summed E-state index contributed by atoms with van der Waals surface area (Å²) in [6.07, 6.45) is 0. The molecule has 0 fully saturated rings. The number of benzene rings is 1. The van der Waals surface area contributed by atoms with Crippen LogP contribution in [0.15, 0.2) is 30.3 Å². The third-order valence-electron chi connectivity index (χ3n) is 2.93. The van der Waals surface area contributed by atoms with Gasteiger partial charge in [-0.1, -0.05) is 44.2 Å². The van der Waals surface area contributed by atoms with Gasteiger partial charge in [-0.2, -0.15) is 4.63 Å². The van der Waals surface area contributed by atoms with E-state index in [0.29, 0.717) is 11.3 Å². The van der Waals surface area contributed by atoms with Crippen LogP contribution >= 0.6 is 0 Å². The molecule has 2 heterocycles. The zero-order chi connectivity index (χ0) is 12.7. The molecule has 3 N–H and O–H groups in total. The molecule has 0 aliphatic heterocycles. The molecule has 0 atom stereocenters. The first-order chi connectivity index (χ1) is 8.66. The Morgan fingerprint density at radius 1 is 1.22 bits per heavy atom. The molecule has 0 saturated carbocycles. The lowest BCUT2D eigenvalue weighted by atomic mass is 10.1. The zero-order valence-electron chi connectivity index (χ0n) is 10.4. The van der Waals surface area contributed by atoms with E-state index in [1.165, 1.54) is 0 Å². The highest BCUT2D eigenvalue weighted by Gasteiger charge is 2.15. The maximum atomic E-state index is 6.13. The van der Waals surface area contributed by atoms with Gasteiger partial charge in [-0.05, 0) is 0 Å². The number of nitrogens with one attached hydrogen (secondary N) is 1. The minimum absolute atomic E-state index is 0.290. The van der Waals surface area contributed by atoms with Gasteiger partial charge in [0, 0.05) is 11.5 Å². The topological polar surface area (TPSA) is 72.0 Å². The van der Waals surface area contributed by atoms with Crippen LogP contribution in [-0.4, -0.2) is 19.8 Å². The monoisotopic (exact) mass is 241 g/mol. The highest BCUT2D eigenvalue weighted by Crippen LogP contribution is 2.27. The van der Waals surface area contributed by atoms with Gasteiger partial charge in [0.15, 0.2) is 11.5 Å². The molecule has 0 bridgehead atoms. The van der Waals surface area contributed by atoms with Crippen LogP contribution in [0.25, 0.3) is 16.9 Å². The third-order valence-corrected chi connectivity index (χ3v) is 2.93. The standard InChI is InChI=1S/C13H15N5/c1-8(2)12-15-13-10(14)11(16-18(13)17-12)9-6-4-3-5-7-9/h3-8,16H,14H2,1-2H3. The molecule has 0 aliphatic carbocycles. The molecule has 0 aliphatic rings. The average molecular weight is 241 g/mol. The molecule has 5 nitrogen and oxygen atoms in total. The third kappa shape index (κ3) is 1.55. The second kappa shape index (κ2) is 3.87. The van der Waals surface area contributed by atoms with Gasteiger partial charge < -0.3 is 5.73 Å². The molecule has 92 valence electrons. The van der Waals surface area contributed by atoms with E-state index in [2.05, 4.69) is 29.0 Å². The van der Waals surface area contributed by atoms with E-state index in [4.69, 9.17) is 5.73 Å². The summed E-state index contributed by atoms with van der Waals surface area (Å²) in [4.78, 5) is 4.45. The first-order valence-electron chi connectivity index (χ1n) is 5.96. The molecule has 3 aromatic rings. The zero-order valence-corrected chi connectivity index (χ0v) is 10.4. The average Bonchev–Trinajstić information content (AvgIpc) is 2.91. The molecule has 3 rings (SSSR count). The summed E-state index contributed by atoms with van der Waals surface area (Å²) in [7, 11) is 0. The first-order valence-corrected chi connectivity index (χ1v) is 5.96. The maximum Gasteiger partial charge on any atom is 0.199 e. The predicted molar refractivity (Wildman–Crippen MR) is 71.3 cm³/mol. The molecule has 0 unspecified atom stereocenters. The summed E-state index contributed by atoms with van der Waals surface area (Å²) in [5.41, 5.74) is 9.36. The van der Waals surface area contributed by atoms with Gasteiger partial charge in [0.05, 0.1) is 5.69 Å². The fourth-order valence-electron chi connectivity index (χ4n) is 1.93. The summed E-state index contributed by atoms with van der Waals surface area (Å²) in [5, 5.41) is 7.56. The van der Waals surface area contributed by atoms with Gasteiger partial charge in [-0.15, -0.1) is 5.10 Å². The Morgan fingerprint density at radius 3 is 2.56 bits per heavy atom. The number of rotatable bonds is 2. The van der Waals surface area contributed by atoms with Gasteiger partial charge in [0.25, 0.3) is 0 Å². The Balaban J connectivity index is 2.16. The van der Waals surface area contributed by atoms with Crippen molar-refractivity contribution in [1.29, 1.82) is 0 Å². The molecule has 2 aromatic heterocycles. The number of H-pyrrole nitrogens is 1. The Bertz CT molecular complexity index is 678. The highest BCUT2D eigenvalue weighted by atomic mass is 15.5. The Kier molecular flexibility index (Phi) is 2.33. The Morgan fingerprint density at radius 2 is 1.94 bits per heavy atom. The van der Waals surface area contributed by atoms with Crippen LogP contribution in [-0.2, 0) is 0 Å². The van der Waals surface area contributed by atoms with Crippen LogP contribution in [0.2, 0.25) is 0 Å². The van der Waals surface area contributed by atoms with Crippen molar-refractivity contribution < 1.29 is 0 Å². The lowest BCUT2D eigenvalue weighted by Crippen LogP contribution is -1.94. The maximum absolute atomic E-state index is 6.13. The molecular formula is C13H15N5. The van der Waals surface area contributed by atoms with Crippen LogP contribution in [0.1, 0.15) is 25.6 Å². The number of aromatic nitrogens is 4. The SMILES string of the molecule is CC(C)c1nc2c(N)c(-c3ccccc3)[nH]n2n1. The lowest BCUT2D eigenvalue weighted by Gasteiger charge is -1.99. The van der Waals surface area contributed by atoms with Gasteiger partial charge in [0.1, 0.15) is 5.69 Å². The molecule has 0 radical (unpaired) electrons. The van der Waals surface area contributed by atoms with Crippen LogP contribution < -0.4 is 5.73 Å². The quantitative estimate of drug-likeness (QED) is 0.723. The summed E-state index contributed by atoms with van der Waals surface area (Å²) in [6, 6.07) is 9.94. The predicted octanol–water partition coefficient (Wildman–Crippen LogP) is 2.43. The highest BCUT2D eigenvalue weighted by molar-refractivity contribution is 5.82. The summed E-state index contributed by atoms with van der Waals surface area (Å²) >= 11 is 0. The second-order valence-electron chi connectivity index (χ2n) is 4.63. The van der Waals surface area contributed by atoms with E-state index in [-0.39, 0.29) is 5.92 Å². The number of nitrogens with zero attached hydrogens (tertiary/aromatic N) is 3. The van der Waals surface area contributed by atoms with Gasteiger partial charge in [-0.25, -0.2) is 4.98 Å². The van der Waals surface area contributed by atoms with Gasteiger partial charge >= 0.3 is 0 Å². The molecule has 1 aromatic carbocycles. The smallest absolute Gasteiger partial charge is 0.199 e. The number of hydrogen-bond acceptors (Lipinski definition) is 3. The van der Waals surface area contributed by atoms with E-state index in [0.717, 1.165) is 17.1 Å². The van der Waals surface area contributed by atoms with E-state index in [1.54, 1.807) is 4.63 Å². The van der Waals surface area contributed by atoms with Gasteiger partial charge in [-0.3, -0.25) is 5.10 Å².